The number of nitrogens with one attached hydrogen (secondary N) is 1. The number of esters is 1. The molecule has 0 radical (unpaired) electrons. The SMILES string of the molecule is CCOC(=O)c1cnn(-c2ccccc2)c1NC(=O)c1ccc(COc2c(C)cccc2Cl)o1. The first-order chi connectivity index (χ1) is 16.5. The third kappa shape index (κ3) is 4.97. The normalized spacial score (nSPS) is 10.7. The van der Waals surface area contributed by atoms with Crippen LogP contribution >= 0.6 is 11.6 Å². The van der Waals surface area contributed by atoms with Crippen LogP contribution in [-0.4, -0.2) is 28.3 Å². The van der Waals surface area contributed by atoms with Gasteiger partial charge in [0.25, 0.3) is 5.91 Å². The summed E-state index contributed by atoms with van der Waals surface area (Å²) in [6.07, 6.45) is 1.36. The summed E-state index contributed by atoms with van der Waals surface area (Å²) in [5.41, 5.74) is 1.68. The van der Waals surface area contributed by atoms with Crippen LogP contribution < -0.4 is 10.1 Å². The number of anilines is 1. The summed E-state index contributed by atoms with van der Waals surface area (Å²) in [6, 6.07) is 17.7. The van der Waals surface area contributed by atoms with Gasteiger partial charge in [0.1, 0.15) is 23.7 Å². The number of aryl methyl sites for hydroxylation is 1. The predicted molar refractivity (Wildman–Crippen MR) is 127 cm³/mol. The quantitative estimate of drug-likeness (QED) is 0.338. The van der Waals surface area contributed by atoms with Crippen LogP contribution in [0.3, 0.4) is 0 Å². The number of para-hydroxylation sites is 2. The zero-order valence-electron chi connectivity index (χ0n) is 18.6. The van der Waals surface area contributed by atoms with E-state index in [4.69, 9.17) is 25.5 Å². The van der Waals surface area contributed by atoms with Crippen LogP contribution in [0.1, 0.15) is 39.2 Å². The number of ether oxygens (including phenoxy) is 2. The van der Waals surface area contributed by atoms with Crippen LogP contribution in [0.4, 0.5) is 5.82 Å². The zero-order valence-corrected chi connectivity index (χ0v) is 19.3. The van der Waals surface area contributed by atoms with Crippen molar-refractivity contribution in [3.63, 3.8) is 0 Å². The van der Waals surface area contributed by atoms with Gasteiger partial charge >= 0.3 is 5.97 Å². The summed E-state index contributed by atoms with van der Waals surface area (Å²) in [4.78, 5) is 25.4. The Morgan fingerprint density at radius 2 is 1.88 bits per heavy atom. The predicted octanol–water partition coefficient (Wildman–Crippen LogP) is 5.44. The van der Waals surface area contributed by atoms with Crippen molar-refractivity contribution in [2.75, 3.05) is 11.9 Å². The molecule has 0 fully saturated rings. The molecule has 4 aromatic rings. The molecule has 0 spiro atoms. The highest BCUT2D eigenvalue weighted by Gasteiger charge is 2.23. The molecular weight excluding hydrogens is 458 g/mol. The molecule has 2 aromatic heterocycles. The van der Waals surface area contributed by atoms with E-state index in [1.54, 1.807) is 31.2 Å². The summed E-state index contributed by atoms with van der Waals surface area (Å²) in [5.74, 6) is 0.0664. The van der Waals surface area contributed by atoms with Crippen molar-refractivity contribution in [3.8, 4) is 11.4 Å². The molecule has 1 amide bonds. The van der Waals surface area contributed by atoms with Gasteiger partial charge in [0.15, 0.2) is 11.6 Å². The molecule has 9 heteroatoms. The maximum absolute atomic E-state index is 13.0. The lowest BCUT2D eigenvalue weighted by Crippen LogP contribution is -2.17. The van der Waals surface area contributed by atoms with Gasteiger partial charge in [0.2, 0.25) is 0 Å². The fraction of sp³-hybridized carbons (Fsp3) is 0.160. The van der Waals surface area contributed by atoms with E-state index in [-0.39, 0.29) is 30.4 Å². The minimum atomic E-state index is -0.594. The van der Waals surface area contributed by atoms with Crippen molar-refractivity contribution in [1.29, 1.82) is 0 Å². The van der Waals surface area contributed by atoms with Gasteiger partial charge in [-0.15, -0.1) is 0 Å². The Morgan fingerprint density at radius 3 is 2.62 bits per heavy atom. The van der Waals surface area contributed by atoms with Gasteiger partial charge in [-0.25, -0.2) is 9.48 Å². The van der Waals surface area contributed by atoms with Gasteiger partial charge < -0.3 is 19.2 Å². The molecule has 34 heavy (non-hydrogen) atoms. The lowest BCUT2D eigenvalue weighted by atomic mass is 10.2. The van der Waals surface area contributed by atoms with Crippen LogP contribution in [0, 0.1) is 6.92 Å². The van der Waals surface area contributed by atoms with Crippen LogP contribution in [0.25, 0.3) is 5.69 Å². The number of aromatic nitrogens is 2. The van der Waals surface area contributed by atoms with Crippen LogP contribution in [0.5, 0.6) is 5.75 Å². The molecule has 0 saturated heterocycles. The molecule has 0 bridgehead atoms. The number of halogens is 1. The smallest absolute Gasteiger partial charge is 0.343 e. The molecule has 2 heterocycles. The Hall–Kier alpha value is -4.04. The lowest BCUT2D eigenvalue weighted by Gasteiger charge is -2.10. The van der Waals surface area contributed by atoms with E-state index in [2.05, 4.69) is 10.4 Å². The highest BCUT2D eigenvalue weighted by atomic mass is 35.5. The molecule has 0 unspecified atom stereocenters. The van der Waals surface area contributed by atoms with Crippen molar-refractivity contribution >= 4 is 29.3 Å². The minimum absolute atomic E-state index is 0.0464. The number of carbonyl (C=O) groups excluding carboxylic acids is 2. The largest absolute Gasteiger partial charge is 0.484 e. The Morgan fingerprint density at radius 1 is 1.09 bits per heavy atom. The van der Waals surface area contributed by atoms with Gasteiger partial charge in [0, 0.05) is 0 Å². The average molecular weight is 480 g/mol. The first-order valence-electron chi connectivity index (χ1n) is 10.6. The van der Waals surface area contributed by atoms with E-state index >= 15 is 0 Å². The number of amides is 1. The Balaban J connectivity index is 1.54. The van der Waals surface area contributed by atoms with E-state index in [1.165, 1.54) is 16.9 Å². The number of nitrogens with zero attached hydrogens (tertiary/aromatic N) is 2. The molecule has 0 aliphatic rings. The topological polar surface area (TPSA) is 95.6 Å². The standard InChI is InChI=1S/C25H22ClN3O5/c1-3-32-25(31)19-14-27-29(17-9-5-4-6-10-17)23(19)28-24(30)21-13-12-18(34-21)15-33-22-16(2)8-7-11-20(22)26/h4-14H,3,15H2,1-2H3,(H,28,30). The summed E-state index contributed by atoms with van der Waals surface area (Å²) in [5, 5.41) is 7.47. The maximum Gasteiger partial charge on any atom is 0.343 e. The van der Waals surface area contributed by atoms with Crippen molar-refractivity contribution < 1.29 is 23.5 Å². The summed E-state index contributed by atoms with van der Waals surface area (Å²) in [7, 11) is 0. The first kappa shape index (κ1) is 23.1. The fourth-order valence-corrected chi connectivity index (χ4v) is 3.56. The molecule has 1 N–H and O–H groups in total. The summed E-state index contributed by atoms with van der Waals surface area (Å²) >= 11 is 6.19. The molecule has 0 aliphatic heterocycles. The molecule has 4 rings (SSSR count). The van der Waals surface area contributed by atoms with E-state index in [0.717, 1.165) is 5.56 Å². The highest BCUT2D eigenvalue weighted by Crippen LogP contribution is 2.29. The second-order valence-corrected chi connectivity index (χ2v) is 7.68. The van der Waals surface area contributed by atoms with Crippen LogP contribution in [-0.2, 0) is 11.3 Å². The minimum Gasteiger partial charge on any atom is -0.484 e. The number of hydrogen-bond acceptors (Lipinski definition) is 6. The van der Waals surface area contributed by atoms with E-state index in [0.29, 0.717) is 22.2 Å². The number of benzene rings is 2. The van der Waals surface area contributed by atoms with Gasteiger partial charge in [0.05, 0.1) is 23.5 Å². The summed E-state index contributed by atoms with van der Waals surface area (Å²) in [6.45, 7) is 3.87. The number of rotatable bonds is 8. The molecule has 0 saturated carbocycles. The number of hydrogen-bond donors (Lipinski definition) is 1. The number of furan rings is 1. The molecule has 174 valence electrons. The van der Waals surface area contributed by atoms with Gasteiger partial charge in [-0.1, -0.05) is 41.9 Å². The monoisotopic (exact) mass is 479 g/mol. The molecule has 0 aliphatic carbocycles. The van der Waals surface area contributed by atoms with Crippen LogP contribution in [0.2, 0.25) is 5.02 Å². The summed E-state index contributed by atoms with van der Waals surface area (Å²) < 4.78 is 18.0. The molecular formula is C25H22ClN3O5. The van der Waals surface area contributed by atoms with Crippen molar-refractivity contribution in [3.05, 3.63) is 94.5 Å². The number of carbonyl (C=O) groups is 2. The Kier molecular flexibility index (Phi) is 6.98. The van der Waals surface area contributed by atoms with Crippen LogP contribution in [0.15, 0.2) is 71.3 Å². The molecule has 8 nitrogen and oxygen atoms in total. The van der Waals surface area contributed by atoms with E-state index in [9.17, 15) is 9.59 Å². The van der Waals surface area contributed by atoms with E-state index in [1.807, 2.05) is 37.3 Å². The molecule has 0 atom stereocenters. The van der Waals surface area contributed by atoms with Crippen molar-refractivity contribution in [2.24, 2.45) is 0 Å². The van der Waals surface area contributed by atoms with Gasteiger partial charge in [-0.05, 0) is 49.7 Å². The Labute approximate surface area is 201 Å². The van der Waals surface area contributed by atoms with Crippen molar-refractivity contribution in [1.82, 2.24) is 9.78 Å². The lowest BCUT2D eigenvalue weighted by molar-refractivity contribution is 0.0527. The average Bonchev–Trinajstić information content (AvgIpc) is 3.47. The fourth-order valence-electron chi connectivity index (χ4n) is 3.28. The second kappa shape index (κ2) is 10.3. The van der Waals surface area contributed by atoms with Gasteiger partial charge in [-0.3, -0.25) is 4.79 Å². The van der Waals surface area contributed by atoms with Crippen molar-refractivity contribution in [2.45, 2.75) is 20.5 Å². The van der Waals surface area contributed by atoms with E-state index < -0.39 is 11.9 Å². The van der Waals surface area contributed by atoms with Gasteiger partial charge in [-0.2, -0.15) is 5.10 Å². The molecule has 2 aromatic carbocycles. The maximum atomic E-state index is 13.0. The Bertz CT molecular complexity index is 1290. The highest BCUT2D eigenvalue weighted by molar-refractivity contribution is 6.32. The third-order valence-electron chi connectivity index (χ3n) is 4.91. The zero-order chi connectivity index (χ0) is 24.1. The first-order valence-corrected chi connectivity index (χ1v) is 10.9. The second-order valence-electron chi connectivity index (χ2n) is 7.27. The third-order valence-corrected chi connectivity index (χ3v) is 5.20.